The van der Waals surface area contributed by atoms with Crippen LogP contribution >= 0.6 is 0 Å². The van der Waals surface area contributed by atoms with E-state index in [1.54, 1.807) is 44.6 Å². The van der Waals surface area contributed by atoms with Gasteiger partial charge in [0.2, 0.25) is 0 Å². The van der Waals surface area contributed by atoms with Crippen molar-refractivity contribution in [2.45, 2.75) is 19.4 Å². The van der Waals surface area contributed by atoms with Crippen LogP contribution in [-0.4, -0.2) is 26.7 Å². The van der Waals surface area contributed by atoms with Crippen molar-refractivity contribution >= 4 is 16.9 Å². The molecule has 2 aromatic carbocycles. The molecule has 0 fully saturated rings. The van der Waals surface area contributed by atoms with E-state index in [0.29, 0.717) is 22.8 Å². The van der Waals surface area contributed by atoms with Gasteiger partial charge in [0, 0.05) is 17.5 Å². The zero-order chi connectivity index (χ0) is 21.0. The van der Waals surface area contributed by atoms with Gasteiger partial charge in [-0.05, 0) is 49.7 Å². The number of hydrogen-bond acceptors (Lipinski definition) is 6. The van der Waals surface area contributed by atoms with Gasteiger partial charge in [0.1, 0.15) is 11.3 Å². The van der Waals surface area contributed by atoms with Crippen molar-refractivity contribution in [2.75, 3.05) is 20.8 Å². The van der Waals surface area contributed by atoms with Gasteiger partial charge in [0.05, 0.1) is 19.8 Å². The highest BCUT2D eigenvalue weighted by Crippen LogP contribution is 2.32. The first-order valence-corrected chi connectivity index (χ1v) is 9.02. The monoisotopic (exact) mass is 397 g/mol. The second kappa shape index (κ2) is 8.26. The molecule has 0 saturated heterocycles. The van der Waals surface area contributed by atoms with Gasteiger partial charge in [-0.2, -0.15) is 0 Å². The summed E-state index contributed by atoms with van der Waals surface area (Å²) in [6.45, 7) is 3.59. The number of nitrogens with one attached hydrogen (secondary N) is 1. The first kappa shape index (κ1) is 20.3. The molecule has 0 aliphatic heterocycles. The smallest absolute Gasteiger partial charge is 0.336 e. The lowest BCUT2D eigenvalue weighted by Crippen LogP contribution is -2.43. The van der Waals surface area contributed by atoms with Crippen LogP contribution < -0.4 is 25.2 Å². The lowest BCUT2D eigenvalue weighted by atomic mass is 9.94. The van der Waals surface area contributed by atoms with Crippen molar-refractivity contribution in [3.63, 3.8) is 0 Å². The standard InChI is InChI=1S/C22H23NO6/c1-22(2,15-7-9-17(26-3)19(11-15)27-4)23-20(24)13-28-16-8-5-14-6-10-21(25)29-18(14)12-16/h5-12H,13H2,1-4H3,(H,23,24). The Balaban J connectivity index is 1.67. The van der Waals surface area contributed by atoms with Crippen LogP contribution in [0, 0.1) is 0 Å². The van der Waals surface area contributed by atoms with Crippen LogP contribution in [0.5, 0.6) is 17.2 Å². The summed E-state index contributed by atoms with van der Waals surface area (Å²) < 4.78 is 21.3. The van der Waals surface area contributed by atoms with Gasteiger partial charge in [-0.1, -0.05) is 6.07 Å². The number of rotatable bonds is 7. The van der Waals surface area contributed by atoms with Crippen molar-refractivity contribution in [1.82, 2.24) is 5.32 Å². The highest BCUT2D eigenvalue weighted by Gasteiger charge is 2.24. The van der Waals surface area contributed by atoms with Crippen LogP contribution in [0.4, 0.5) is 0 Å². The molecule has 29 heavy (non-hydrogen) atoms. The van der Waals surface area contributed by atoms with E-state index >= 15 is 0 Å². The Morgan fingerprint density at radius 2 is 1.72 bits per heavy atom. The normalized spacial score (nSPS) is 11.2. The molecular weight excluding hydrogens is 374 g/mol. The number of carbonyl (C=O) groups excluding carboxylic acids is 1. The van der Waals surface area contributed by atoms with Crippen LogP contribution in [0.25, 0.3) is 11.0 Å². The number of hydrogen-bond donors (Lipinski definition) is 1. The minimum absolute atomic E-state index is 0.181. The molecular formula is C22H23NO6. The molecule has 0 aliphatic carbocycles. The van der Waals surface area contributed by atoms with Gasteiger partial charge in [0.15, 0.2) is 18.1 Å². The first-order chi connectivity index (χ1) is 13.8. The van der Waals surface area contributed by atoms with E-state index in [-0.39, 0.29) is 12.5 Å². The zero-order valence-corrected chi connectivity index (χ0v) is 16.8. The maximum atomic E-state index is 12.4. The third-order valence-electron chi connectivity index (χ3n) is 4.52. The molecule has 1 N–H and O–H groups in total. The summed E-state index contributed by atoms with van der Waals surface area (Å²) in [5.41, 5.74) is 0.164. The van der Waals surface area contributed by atoms with Gasteiger partial charge in [-0.3, -0.25) is 4.79 Å². The summed E-state index contributed by atoms with van der Waals surface area (Å²) in [4.78, 5) is 23.8. The number of amides is 1. The number of benzene rings is 2. The topological polar surface area (TPSA) is 87.0 Å². The average molecular weight is 397 g/mol. The summed E-state index contributed by atoms with van der Waals surface area (Å²) >= 11 is 0. The molecule has 3 rings (SSSR count). The first-order valence-electron chi connectivity index (χ1n) is 9.02. The quantitative estimate of drug-likeness (QED) is 0.616. The van der Waals surface area contributed by atoms with E-state index in [0.717, 1.165) is 10.9 Å². The molecule has 0 unspecified atom stereocenters. The average Bonchev–Trinajstić information content (AvgIpc) is 2.71. The van der Waals surface area contributed by atoms with E-state index in [2.05, 4.69) is 5.32 Å². The largest absolute Gasteiger partial charge is 0.493 e. The Morgan fingerprint density at radius 1 is 1.00 bits per heavy atom. The third kappa shape index (κ3) is 4.68. The molecule has 7 heteroatoms. The summed E-state index contributed by atoms with van der Waals surface area (Å²) in [6.07, 6.45) is 0. The van der Waals surface area contributed by atoms with Crippen molar-refractivity contribution < 1.29 is 23.4 Å². The SMILES string of the molecule is COc1ccc(C(C)(C)NC(=O)COc2ccc3ccc(=O)oc3c2)cc1OC. The van der Waals surface area contributed by atoms with Crippen molar-refractivity contribution in [3.05, 3.63) is 64.5 Å². The molecule has 1 amide bonds. The summed E-state index contributed by atoms with van der Waals surface area (Å²) in [5, 5.41) is 3.72. The molecule has 0 atom stereocenters. The van der Waals surface area contributed by atoms with Gasteiger partial charge in [-0.25, -0.2) is 4.79 Å². The fourth-order valence-corrected chi connectivity index (χ4v) is 2.96. The lowest BCUT2D eigenvalue weighted by Gasteiger charge is -2.27. The zero-order valence-electron chi connectivity index (χ0n) is 16.8. The van der Waals surface area contributed by atoms with E-state index in [9.17, 15) is 9.59 Å². The Bertz CT molecular complexity index is 1090. The van der Waals surface area contributed by atoms with E-state index in [4.69, 9.17) is 18.6 Å². The van der Waals surface area contributed by atoms with Gasteiger partial charge in [0.25, 0.3) is 5.91 Å². The molecule has 0 spiro atoms. The summed E-state index contributed by atoms with van der Waals surface area (Å²) in [7, 11) is 3.13. The maximum absolute atomic E-state index is 12.4. The minimum Gasteiger partial charge on any atom is -0.493 e. The van der Waals surface area contributed by atoms with E-state index in [1.165, 1.54) is 6.07 Å². The number of methoxy groups -OCH3 is 2. The van der Waals surface area contributed by atoms with Crippen LogP contribution in [0.3, 0.4) is 0 Å². The van der Waals surface area contributed by atoms with Crippen LogP contribution in [0.15, 0.2) is 57.7 Å². The predicted octanol–water partition coefficient (Wildman–Crippen LogP) is 3.24. The van der Waals surface area contributed by atoms with Crippen molar-refractivity contribution in [2.24, 2.45) is 0 Å². The molecule has 0 aliphatic rings. The molecule has 0 saturated carbocycles. The molecule has 1 aromatic heterocycles. The molecule has 7 nitrogen and oxygen atoms in total. The lowest BCUT2D eigenvalue weighted by molar-refractivity contribution is -0.124. The molecule has 1 heterocycles. The van der Waals surface area contributed by atoms with E-state index < -0.39 is 11.2 Å². The Hall–Kier alpha value is -3.48. The summed E-state index contributed by atoms with van der Waals surface area (Å²) in [5.74, 6) is 1.34. The summed E-state index contributed by atoms with van der Waals surface area (Å²) in [6, 6.07) is 13.6. The molecule has 0 bridgehead atoms. The minimum atomic E-state index is -0.657. The van der Waals surface area contributed by atoms with Gasteiger partial charge < -0.3 is 23.9 Å². The van der Waals surface area contributed by atoms with Crippen LogP contribution in [0.2, 0.25) is 0 Å². The number of carbonyl (C=O) groups is 1. The molecule has 0 radical (unpaired) electrons. The fourth-order valence-electron chi connectivity index (χ4n) is 2.96. The van der Waals surface area contributed by atoms with Crippen molar-refractivity contribution in [3.8, 4) is 17.2 Å². The van der Waals surface area contributed by atoms with E-state index in [1.807, 2.05) is 26.0 Å². The molecule has 152 valence electrons. The second-order valence-electron chi connectivity index (χ2n) is 6.99. The Kier molecular flexibility index (Phi) is 5.77. The van der Waals surface area contributed by atoms with Crippen molar-refractivity contribution in [1.29, 1.82) is 0 Å². The highest BCUT2D eigenvalue weighted by atomic mass is 16.5. The Morgan fingerprint density at radius 3 is 2.45 bits per heavy atom. The number of ether oxygens (including phenoxy) is 3. The maximum Gasteiger partial charge on any atom is 0.336 e. The Labute approximate surface area is 168 Å². The number of fused-ring (bicyclic) bond motifs is 1. The predicted molar refractivity (Wildman–Crippen MR) is 109 cm³/mol. The highest BCUT2D eigenvalue weighted by molar-refractivity contribution is 5.80. The van der Waals surface area contributed by atoms with Gasteiger partial charge in [-0.15, -0.1) is 0 Å². The second-order valence-corrected chi connectivity index (χ2v) is 6.99. The third-order valence-corrected chi connectivity index (χ3v) is 4.52. The fraction of sp³-hybridized carbons (Fsp3) is 0.273. The van der Waals surface area contributed by atoms with Crippen LogP contribution in [-0.2, 0) is 10.3 Å². The van der Waals surface area contributed by atoms with Gasteiger partial charge >= 0.3 is 5.63 Å². The molecule has 3 aromatic rings. The van der Waals surface area contributed by atoms with Crippen LogP contribution in [0.1, 0.15) is 19.4 Å².